The first-order valence-electron chi connectivity index (χ1n) is 14.1. The number of fused-ring (bicyclic) bond motifs is 1. The highest BCUT2D eigenvalue weighted by molar-refractivity contribution is 6.84. The number of carbonyl (C=O) groups is 1. The lowest BCUT2D eigenvalue weighted by Gasteiger charge is -2.51. The molecule has 220 valence electrons. The molecule has 0 radical (unpaired) electrons. The van der Waals surface area contributed by atoms with Gasteiger partial charge >= 0.3 is 22.8 Å². The molecule has 1 N–H and O–H groups in total. The Morgan fingerprint density at radius 3 is 2.02 bits per heavy atom. The second kappa shape index (κ2) is 11.6. The fraction of sp³-hybridized carbons (Fsp3) is 0.607. The smallest absolute Gasteiger partial charge is 0.340 e. The van der Waals surface area contributed by atoms with Gasteiger partial charge < -0.3 is 22.8 Å². The minimum absolute atomic E-state index is 0.0404. The number of ether oxygens (including phenoxy) is 1. The van der Waals surface area contributed by atoms with Gasteiger partial charge in [-0.3, -0.25) is 14.2 Å². The third-order valence-electron chi connectivity index (χ3n) is 8.15. The number of nitrogens with zero attached hydrogens (tertiary/aromatic N) is 2. The zero-order valence-corrected chi connectivity index (χ0v) is 26.6. The summed E-state index contributed by atoms with van der Waals surface area (Å²) in [6.07, 6.45) is -2.73. The molecule has 0 spiro atoms. The Morgan fingerprint density at radius 2 is 1.48 bits per heavy atom. The number of rotatable bonds is 6. The van der Waals surface area contributed by atoms with E-state index in [0.29, 0.717) is 4.57 Å². The van der Waals surface area contributed by atoms with Crippen LogP contribution in [0.15, 0.2) is 52.2 Å². The first kappa shape index (κ1) is 30.8. The predicted molar refractivity (Wildman–Crippen MR) is 155 cm³/mol. The van der Waals surface area contributed by atoms with Gasteiger partial charge in [0.2, 0.25) is 0 Å². The van der Waals surface area contributed by atoms with Crippen LogP contribution in [0.4, 0.5) is 0 Å². The van der Waals surface area contributed by atoms with Crippen LogP contribution in [0.2, 0.25) is 22.2 Å². The molecule has 2 aliphatic rings. The van der Waals surface area contributed by atoms with Crippen LogP contribution in [0.5, 0.6) is 0 Å². The van der Waals surface area contributed by atoms with Crippen molar-refractivity contribution in [3.63, 3.8) is 0 Å². The molecule has 0 amide bonds. The van der Waals surface area contributed by atoms with Crippen molar-refractivity contribution in [1.29, 1.82) is 0 Å². The van der Waals surface area contributed by atoms with Crippen LogP contribution in [0.1, 0.15) is 72.0 Å². The number of aliphatic hydroxyl groups is 1. The fourth-order valence-electron chi connectivity index (χ4n) is 5.95. The summed E-state index contributed by atoms with van der Waals surface area (Å²) in [4.78, 5) is 39.3. The molecule has 40 heavy (non-hydrogen) atoms. The molecule has 10 nitrogen and oxygen atoms in total. The second-order valence-electron chi connectivity index (χ2n) is 12.0. The van der Waals surface area contributed by atoms with E-state index in [2.05, 4.69) is 55.4 Å². The third kappa shape index (κ3) is 5.15. The van der Waals surface area contributed by atoms with E-state index in [0.717, 1.165) is 10.6 Å². The van der Waals surface area contributed by atoms with Gasteiger partial charge in [0.05, 0.1) is 6.61 Å². The Kier molecular flexibility index (Phi) is 8.91. The molecule has 4 rings (SSSR count). The summed E-state index contributed by atoms with van der Waals surface area (Å²) in [5.41, 5.74) is -1.13. The van der Waals surface area contributed by atoms with Crippen LogP contribution in [0.25, 0.3) is 0 Å². The summed E-state index contributed by atoms with van der Waals surface area (Å²) in [6.45, 7) is 16.9. The molecule has 1 aromatic heterocycles. The average molecular weight is 591 g/mol. The van der Waals surface area contributed by atoms with Crippen molar-refractivity contribution >= 4 is 23.0 Å². The molecule has 2 aromatic rings. The topological polar surface area (TPSA) is 118 Å². The minimum Gasteiger partial charge on any atom is -0.414 e. The van der Waals surface area contributed by atoms with Gasteiger partial charge in [0, 0.05) is 17.8 Å². The van der Waals surface area contributed by atoms with Gasteiger partial charge in [-0.1, -0.05) is 73.6 Å². The standard InChI is InChI=1S/C28H42N2O8Si2/c1-17(2)39(18(3)4)35-16-22-25(37-40(38-39,19(5)6)20(7)8)24(32)27(36-22)29-15-14-23(31)30(28(29)34)26(33)21-12-10-9-11-13-21/h9-15,17-20,22,24-25,27,32H,16H2,1-8H3/t22-,24+,25?,27-/m1/s1. The monoisotopic (exact) mass is 590 g/mol. The zero-order valence-electron chi connectivity index (χ0n) is 24.6. The van der Waals surface area contributed by atoms with Gasteiger partial charge in [-0.15, -0.1) is 0 Å². The summed E-state index contributed by atoms with van der Waals surface area (Å²) in [5, 5.41) is 11.6. The van der Waals surface area contributed by atoms with Crippen molar-refractivity contribution in [2.75, 3.05) is 6.61 Å². The molecule has 4 atom stereocenters. The lowest BCUT2D eigenvalue weighted by atomic mass is 10.1. The van der Waals surface area contributed by atoms with E-state index in [1.807, 2.05) is 0 Å². The zero-order chi connectivity index (χ0) is 29.6. The third-order valence-corrected chi connectivity index (χ3v) is 18.4. The molecule has 1 aromatic carbocycles. The number of aliphatic hydroxyl groups excluding tert-OH is 1. The van der Waals surface area contributed by atoms with Crippen LogP contribution in [0, 0.1) is 0 Å². The molecule has 0 saturated carbocycles. The van der Waals surface area contributed by atoms with E-state index in [-0.39, 0.29) is 34.3 Å². The van der Waals surface area contributed by atoms with Crippen molar-refractivity contribution in [2.45, 2.75) is 102 Å². The number of benzene rings is 1. The van der Waals surface area contributed by atoms with Crippen LogP contribution in [0.3, 0.4) is 0 Å². The van der Waals surface area contributed by atoms with Gasteiger partial charge in [0.15, 0.2) is 6.23 Å². The van der Waals surface area contributed by atoms with Crippen LogP contribution < -0.4 is 11.2 Å². The summed E-state index contributed by atoms with van der Waals surface area (Å²) in [7, 11) is -5.86. The lowest BCUT2D eigenvalue weighted by Crippen LogP contribution is -2.65. The van der Waals surface area contributed by atoms with Gasteiger partial charge in [0.25, 0.3) is 11.5 Å². The second-order valence-corrected chi connectivity index (χ2v) is 20.8. The minimum atomic E-state index is -3.03. The van der Waals surface area contributed by atoms with Gasteiger partial charge in [-0.25, -0.2) is 4.79 Å². The maximum absolute atomic E-state index is 13.5. The first-order valence-corrected chi connectivity index (χ1v) is 18.0. The molecular weight excluding hydrogens is 548 g/mol. The van der Waals surface area contributed by atoms with Gasteiger partial charge in [-0.2, -0.15) is 4.57 Å². The van der Waals surface area contributed by atoms with Gasteiger partial charge in [0.1, 0.15) is 18.3 Å². The average Bonchev–Trinajstić information content (AvgIpc) is 3.17. The van der Waals surface area contributed by atoms with Crippen molar-refractivity contribution in [1.82, 2.24) is 9.13 Å². The van der Waals surface area contributed by atoms with E-state index in [9.17, 15) is 19.5 Å². The maximum atomic E-state index is 13.5. The van der Waals surface area contributed by atoms with Crippen molar-refractivity contribution < 1.29 is 27.6 Å². The number of hydrogen-bond acceptors (Lipinski definition) is 8. The number of aromatic nitrogens is 2. The normalized spacial score (nSPS) is 26.2. The molecule has 1 unspecified atom stereocenters. The number of hydrogen-bond donors (Lipinski definition) is 1. The number of carbonyl (C=O) groups excluding carboxylic acids is 1. The van der Waals surface area contributed by atoms with Crippen molar-refractivity contribution in [3.05, 3.63) is 69.0 Å². The summed E-state index contributed by atoms with van der Waals surface area (Å²) < 4.78 is 28.7. The maximum Gasteiger partial charge on any atom is 0.340 e. The molecule has 2 fully saturated rings. The quantitative estimate of drug-likeness (QED) is 0.503. The highest BCUT2D eigenvalue weighted by Crippen LogP contribution is 2.48. The Labute approximate surface area is 237 Å². The summed E-state index contributed by atoms with van der Waals surface area (Å²) in [6, 6.07) is 9.21. The molecular formula is C28H42N2O8Si2. The van der Waals surface area contributed by atoms with E-state index < -0.39 is 58.8 Å². The highest BCUT2D eigenvalue weighted by Gasteiger charge is 2.61. The van der Waals surface area contributed by atoms with Gasteiger partial charge in [-0.05, 0) is 34.3 Å². The van der Waals surface area contributed by atoms with Crippen molar-refractivity contribution in [2.24, 2.45) is 0 Å². The largest absolute Gasteiger partial charge is 0.414 e. The van der Waals surface area contributed by atoms with E-state index in [1.165, 1.54) is 18.3 Å². The van der Waals surface area contributed by atoms with Crippen LogP contribution >= 0.6 is 0 Å². The molecule has 2 saturated heterocycles. The molecule has 12 heteroatoms. The van der Waals surface area contributed by atoms with E-state index in [4.69, 9.17) is 17.7 Å². The Hall–Kier alpha value is -2.20. The molecule has 3 heterocycles. The Morgan fingerprint density at radius 1 is 0.900 bits per heavy atom. The first-order chi connectivity index (χ1) is 18.8. The Balaban J connectivity index is 1.78. The molecule has 0 aliphatic carbocycles. The highest BCUT2D eigenvalue weighted by atomic mass is 28.5. The fourth-order valence-corrected chi connectivity index (χ4v) is 17.2. The molecule has 2 aliphatic heterocycles. The van der Waals surface area contributed by atoms with Crippen LogP contribution in [-0.4, -0.2) is 62.2 Å². The SMILES string of the molecule is CC(C)[Si]1(C(C)C)OC[C@H]2O[C@@H](n3ccc(=O)n(C(=O)c4ccccc4)c3=O)[C@@H](O)C2O[Si](C(C)C)(C(C)C)O1. The Bertz CT molecular complexity index is 1310. The predicted octanol–water partition coefficient (Wildman–Crippen LogP) is 3.91. The van der Waals surface area contributed by atoms with E-state index in [1.54, 1.807) is 18.2 Å². The van der Waals surface area contributed by atoms with Crippen molar-refractivity contribution in [3.8, 4) is 0 Å². The summed E-state index contributed by atoms with van der Waals surface area (Å²) in [5.74, 6) is -0.757. The lowest BCUT2D eigenvalue weighted by molar-refractivity contribution is -0.0603. The summed E-state index contributed by atoms with van der Waals surface area (Å²) >= 11 is 0. The van der Waals surface area contributed by atoms with Crippen LogP contribution in [-0.2, 0) is 17.7 Å². The van der Waals surface area contributed by atoms with E-state index >= 15 is 0 Å². The molecule has 0 bridgehead atoms.